The lowest BCUT2D eigenvalue weighted by Gasteiger charge is -2.26. The molecule has 0 spiro atoms. The van der Waals surface area contributed by atoms with Crippen LogP contribution in [0.2, 0.25) is 0 Å². The summed E-state index contributed by atoms with van der Waals surface area (Å²) in [5, 5.41) is 2.78. The van der Waals surface area contributed by atoms with Gasteiger partial charge >= 0.3 is 0 Å². The summed E-state index contributed by atoms with van der Waals surface area (Å²) >= 11 is 0. The first-order valence-electron chi connectivity index (χ1n) is 3.95. The fraction of sp³-hybridized carbons (Fsp3) is 0.750. The van der Waals surface area contributed by atoms with Gasteiger partial charge in [0.2, 0.25) is 5.91 Å². The highest BCUT2D eigenvalue weighted by Gasteiger charge is 2.22. The Hall–Kier alpha value is -0.860. The number of rotatable bonds is 2. The Balaban J connectivity index is 2.42. The SMILES string of the molecule is C[C@@H]1CC(=O)N[C@H](CC=O)C1. The maximum Gasteiger partial charge on any atom is 0.220 e. The maximum absolute atomic E-state index is 10.9. The molecular weight excluding hydrogens is 142 g/mol. The quantitative estimate of drug-likeness (QED) is 0.590. The normalized spacial score (nSPS) is 31.2. The average Bonchev–Trinajstić information content (AvgIpc) is 1.85. The van der Waals surface area contributed by atoms with E-state index in [1.165, 1.54) is 0 Å². The summed E-state index contributed by atoms with van der Waals surface area (Å²) < 4.78 is 0. The van der Waals surface area contributed by atoms with Gasteiger partial charge in [-0.15, -0.1) is 0 Å². The molecule has 1 fully saturated rings. The second kappa shape index (κ2) is 3.51. The number of amides is 1. The molecule has 3 nitrogen and oxygen atoms in total. The summed E-state index contributed by atoms with van der Waals surface area (Å²) in [6, 6.07) is 0.0868. The van der Waals surface area contributed by atoms with Gasteiger partial charge in [-0.2, -0.15) is 0 Å². The molecule has 3 heteroatoms. The lowest BCUT2D eigenvalue weighted by Crippen LogP contribution is -2.41. The van der Waals surface area contributed by atoms with Gasteiger partial charge in [-0.25, -0.2) is 0 Å². The molecule has 0 aromatic heterocycles. The Morgan fingerprint density at radius 3 is 3.00 bits per heavy atom. The summed E-state index contributed by atoms with van der Waals surface area (Å²) in [7, 11) is 0. The lowest BCUT2D eigenvalue weighted by atomic mass is 9.92. The van der Waals surface area contributed by atoms with Gasteiger partial charge in [-0.1, -0.05) is 6.92 Å². The molecule has 1 heterocycles. The largest absolute Gasteiger partial charge is 0.353 e. The van der Waals surface area contributed by atoms with Crippen molar-refractivity contribution >= 4 is 12.2 Å². The number of nitrogens with one attached hydrogen (secondary N) is 1. The van der Waals surface area contributed by atoms with E-state index in [2.05, 4.69) is 5.32 Å². The standard InChI is InChI=1S/C8H13NO2/c1-6-4-7(2-3-10)9-8(11)5-6/h3,6-7H,2,4-5H2,1H3,(H,9,11)/t6-,7+/m0/s1. The topological polar surface area (TPSA) is 46.2 Å². The second-order valence-corrected chi connectivity index (χ2v) is 3.21. The third kappa shape index (κ3) is 2.33. The van der Waals surface area contributed by atoms with Gasteiger partial charge in [0.1, 0.15) is 6.29 Å². The van der Waals surface area contributed by atoms with Crippen LogP contribution in [0, 0.1) is 5.92 Å². The van der Waals surface area contributed by atoms with Crippen LogP contribution in [0.25, 0.3) is 0 Å². The summed E-state index contributed by atoms with van der Waals surface area (Å²) in [5.74, 6) is 0.504. The third-order valence-electron chi connectivity index (χ3n) is 1.97. The molecule has 0 bridgehead atoms. The fourth-order valence-corrected chi connectivity index (χ4v) is 1.50. The predicted molar refractivity (Wildman–Crippen MR) is 41.0 cm³/mol. The highest BCUT2D eigenvalue weighted by atomic mass is 16.1. The van der Waals surface area contributed by atoms with Crippen LogP contribution in [0.5, 0.6) is 0 Å². The van der Waals surface area contributed by atoms with E-state index in [0.29, 0.717) is 18.8 Å². The monoisotopic (exact) mass is 155 g/mol. The highest BCUT2D eigenvalue weighted by Crippen LogP contribution is 2.16. The minimum atomic E-state index is 0.0793. The van der Waals surface area contributed by atoms with Crippen molar-refractivity contribution in [2.45, 2.75) is 32.2 Å². The molecule has 0 aromatic rings. The van der Waals surface area contributed by atoms with E-state index >= 15 is 0 Å². The lowest BCUT2D eigenvalue weighted by molar-refractivity contribution is -0.124. The van der Waals surface area contributed by atoms with Gasteiger partial charge in [-0.3, -0.25) is 4.79 Å². The van der Waals surface area contributed by atoms with Crippen molar-refractivity contribution in [1.29, 1.82) is 0 Å². The molecule has 1 amide bonds. The van der Waals surface area contributed by atoms with Crippen molar-refractivity contribution in [1.82, 2.24) is 5.32 Å². The fourth-order valence-electron chi connectivity index (χ4n) is 1.50. The van der Waals surface area contributed by atoms with Gasteiger partial charge in [-0.05, 0) is 12.3 Å². The molecule has 2 atom stereocenters. The van der Waals surface area contributed by atoms with Gasteiger partial charge < -0.3 is 10.1 Å². The summed E-state index contributed by atoms with van der Waals surface area (Å²) in [5.41, 5.74) is 0. The Labute approximate surface area is 66.2 Å². The molecule has 11 heavy (non-hydrogen) atoms. The van der Waals surface area contributed by atoms with E-state index in [4.69, 9.17) is 0 Å². The van der Waals surface area contributed by atoms with E-state index in [0.717, 1.165) is 12.7 Å². The summed E-state index contributed by atoms with van der Waals surface area (Å²) in [4.78, 5) is 21.1. The van der Waals surface area contributed by atoms with E-state index in [1.807, 2.05) is 6.92 Å². The van der Waals surface area contributed by atoms with Crippen molar-refractivity contribution in [3.05, 3.63) is 0 Å². The van der Waals surface area contributed by atoms with Gasteiger partial charge in [0.25, 0.3) is 0 Å². The molecule has 1 aliphatic heterocycles. The van der Waals surface area contributed by atoms with E-state index < -0.39 is 0 Å². The maximum atomic E-state index is 10.9. The van der Waals surface area contributed by atoms with Crippen LogP contribution in [0.4, 0.5) is 0 Å². The third-order valence-corrected chi connectivity index (χ3v) is 1.97. The zero-order valence-electron chi connectivity index (χ0n) is 6.67. The minimum absolute atomic E-state index is 0.0793. The number of hydrogen-bond acceptors (Lipinski definition) is 2. The van der Waals surface area contributed by atoms with Crippen LogP contribution in [0.1, 0.15) is 26.2 Å². The first-order valence-corrected chi connectivity index (χ1v) is 3.95. The van der Waals surface area contributed by atoms with Crippen molar-refractivity contribution in [2.24, 2.45) is 5.92 Å². The average molecular weight is 155 g/mol. The van der Waals surface area contributed by atoms with Crippen LogP contribution in [-0.2, 0) is 9.59 Å². The molecule has 62 valence electrons. The first-order chi connectivity index (χ1) is 5.22. The number of piperidine rings is 1. The molecule has 1 aliphatic rings. The van der Waals surface area contributed by atoms with Crippen molar-refractivity contribution in [3.63, 3.8) is 0 Å². The van der Waals surface area contributed by atoms with Crippen molar-refractivity contribution < 1.29 is 9.59 Å². The second-order valence-electron chi connectivity index (χ2n) is 3.21. The van der Waals surface area contributed by atoms with Crippen molar-refractivity contribution in [3.8, 4) is 0 Å². The Morgan fingerprint density at radius 2 is 2.45 bits per heavy atom. The minimum Gasteiger partial charge on any atom is -0.353 e. The summed E-state index contributed by atoms with van der Waals surface area (Å²) in [6.07, 6.45) is 2.86. The zero-order chi connectivity index (χ0) is 8.27. The number of carbonyl (C=O) groups is 2. The molecule has 0 unspecified atom stereocenters. The van der Waals surface area contributed by atoms with Gasteiger partial charge in [0.15, 0.2) is 0 Å². The van der Waals surface area contributed by atoms with Gasteiger partial charge in [0, 0.05) is 18.9 Å². The van der Waals surface area contributed by atoms with E-state index in [9.17, 15) is 9.59 Å². The molecule has 0 saturated carbocycles. The van der Waals surface area contributed by atoms with Crippen LogP contribution >= 0.6 is 0 Å². The molecule has 0 radical (unpaired) electrons. The number of carbonyl (C=O) groups excluding carboxylic acids is 2. The molecule has 0 aromatic carbocycles. The summed E-state index contributed by atoms with van der Waals surface area (Å²) in [6.45, 7) is 2.04. The first kappa shape index (κ1) is 8.24. The number of hydrogen-bond donors (Lipinski definition) is 1. The van der Waals surface area contributed by atoms with Gasteiger partial charge in [0.05, 0.1) is 0 Å². The smallest absolute Gasteiger partial charge is 0.220 e. The Morgan fingerprint density at radius 1 is 1.73 bits per heavy atom. The highest BCUT2D eigenvalue weighted by molar-refractivity contribution is 5.77. The van der Waals surface area contributed by atoms with Crippen LogP contribution in [-0.4, -0.2) is 18.2 Å². The molecule has 1 N–H and O–H groups in total. The van der Waals surface area contributed by atoms with Crippen molar-refractivity contribution in [2.75, 3.05) is 0 Å². The zero-order valence-corrected chi connectivity index (χ0v) is 6.67. The molecule has 1 rings (SSSR count). The predicted octanol–water partition coefficient (Wildman–Crippen LogP) is 0.490. The molecule has 0 aliphatic carbocycles. The van der Waals surface area contributed by atoms with Crippen LogP contribution in [0.15, 0.2) is 0 Å². The molecular formula is C8H13NO2. The van der Waals surface area contributed by atoms with Crippen LogP contribution in [0.3, 0.4) is 0 Å². The Kier molecular flexibility index (Phi) is 2.63. The van der Waals surface area contributed by atoms with E-state index in [1.54, 1.807) is 0 Å². The Bertz CT molecular complexity index is 167. The van der Waals surface area contributed by atoms with Crippen LogP contribution < -0.4 is 5.32 Å². The number of aldehydes is 1. The molecule has 1 saturated heterocycles. The van der Waals surface area contributed by atoms with E-state index in [-0.39, 0.29) is 11.9 Å².